The van der Waals surface area contributed by atoms with Gasteiger partial charge in [-0.3, -0.25) is 9.48 Å². The summed E-state index contributed by atoms with van der Waals surface area (Å²) in [5.74, 6) is 0.0275. The van der Waals surface area contributed by atoms with E-state index >= 15 is 0 Å². The quantitative estimate of drug-likeness (QED) is 0.524. The fraction of sp³-hybridized carbons (Fsp3) is 0.400. The van der Waals surface area contributed by atoms with Crippen LogP contribution >= 0.6 is 0 Å². The van der Waals surface area contributed by atoms with E-state index in [0.717, 1.165) is 12.1 Å². The third kappa shape index (κ3) is 2.54. The molecule has 1 aromatic rings. The Morgan fingerprint density at radius 1 is 1.62 bits per heavy atom. The number of hydrogen-bond acceptors (Lipinski definition) is 2. The third-order valence-corrected chi connectivity index (χ3v) is 1.66. The Labute approximate surface area is 78.1 Å². The Bertz CT molecular complexity index is 332. The van der Waals surface area contributed by atoms with Crippen LogP contribution < -0.4 is 0 Å². The maximum atomic E-state index is 11.5. The lowest BCUT2D eigenvalue weighted by Gasteiger charge is -1.91. The molecule has 0 aliphatic rings. The van der Waals surface area contributed by atoms with E-state index in [1.54, 1.807) is 23.2 Å². The number of carbonyl (C=O) groups excluding carboxylic acids is 1. The van der Waals surface area contributed by atoms with Gasteiger partial charge in [0.25, 0.3) is 0 Å². The van der Waals surface area contributed by atoms with Crippen molar-refractivity contribution in [2.75, 3.05) is 0 Å². The van der Waals surface area contributed by atoms with Gasteiger partial charge in [-0.2, -0.15) is 5.10 Å². The Kier molecular flexibility index (Phi) is 3.01. The molecule has 0 fully saturated rings. The van der Waals surface area contributed by atoms with Gasteiger partial charge in [-0.25, -0.2) is 0 Å². The SMILES string of the molecule is CCn1cc(C(=O)C=C(C)C)cn1. The molecule has 0 aliphatic carbocycles. The molecule has 1 heterocycles. The van der Waals surface area contributed by atoms with Crippen molar-refractivity contribution in [2.45, 2.75) is 27.3 Å². The van der Waals surface area contributed by atoms with Crippen LogP contribution in [0.25, 0.3) is 0 Å². The van der Waals surface area contributed by atoms with E-state index in [1.165, 1.54) is 0 Å². The van der Waals surface area contributed by atoms with Gasteiger partial charge in [0.2, 0.25) is 0 Å². The Morgan fingerprint density at radius 3 is 2.77 bits per heavy atom. The van der Waals surface area contributed by atoms with E-state index in [9.17, 15) is 4.79 Å². The van der Waals surface area contributed by atoms with Crippen LogP contribution in [0.2, 0.25) is 0 Å². The summed E-state index contributed by atoms with van der Waals surface area (Å²) in [5, 5.41) is 4.03. The Morgan fingerprint density at radius 2 is 2.31 bits per heavy atom. The summed E-state index contributed by atoms with van der Waals surface area (Å²) < 4.78 is 1.74. The minimum Gasteiger partial charge on any atom is -0.289 e. The van der Waals surface area contributed by atoms with Crippen LogP contribution in [0.5, 0.6) is 0 Å². The molecule has 0 aromatic carbocycles. The van der Waals surface area contributed by atoms with Crippen LogP contribution in [0.15, 0.2) is 24.0 Å². The lowest BCUT2D eigenvalue weighted by Crippen LogP contribution is -1.95. The molecular formula is C10H14N2O. The summed E-state index contributed by atoms with van der Waals surface area (Å²) in [7, 11) is 0. The molecule has 0 spiro atoms. The van der Waals surface area contributed by atoms with Crippen LogP contribution in [0.1, 0.15) is 31.1 Å². The third-order valence-electron chi connectivity index (χ3n) is 1.66. The molecule has 0 N–H and O–H groups in total. The van der Waals surface area contributed by atoms with Gasteiger partial charge in [-0.1, -0.05) is 5.57 Å². The molecule has 0 atom stereocenters. The van der Waals surface area contributed by atoms with E-state index in [2.05, 4.69) is 5.10 Å². The van der Waals surface area contributed by atoms with E-state index in [1.807, 2.05) is 20.8 Å². The number of aryl methyl sites for hydroxylation is 1. The fourth-order valence-electron chi connectivity index (χ4n) is 1.01. The zero-order valence-corrected chi connectivity index (χ0v) is 8.24. The minimum atomic E-state index is 0.0275. The van der Waals surface area contributed by atoms with Crippen LogP contribution in [-0.2, 0) is 6.54 Å². The summed E-state index contributed by atoms with van der Waals surface area (Å²) >= 11 is 0. The molecule has 13 heavy (non-hydrogen) atoms. The molecule has 0 aliphatic heterocycles. The van der Waals surface area contributed by atoms with E-state index in [0.29, 0.717) is 5.56 Å². The Balaban J connectivity index is 2.83. The summed E-state index contributed by atoms with van der Waals surface area (Å²) in [5.41, 5.74) is 1.66. The van der Waals surface area contributed by atoms with Gasteiger partial charge in [-0.15, -0.1) is 0 Å². The average molecular weight is 178 g/mol. The molecular weight excluding hydrogens is 164 g/mol. The number of hydrogen-bond donors (Lipinski definition) is 0. The molecule has 0 radical (unpaired) electrons. The van der Waals surface area contributed by atoms with Gasteiger partial charge in [0, 0.05) is 12.7 Å². The van der Waals surface area contributed by atoms with Gasteiger partial charge < -0.3 is 0 Å². The van der Waals surface area contributed by atoms with Crippen molar-refractivity contribution in [2.24, 2.45) is 0 Å². The van der Waals surface area contributed by atoms with Crippen molar-refractivity contribution >= 4 is 5.78 Å². The maximum Gasteiger partial charge on any atom is 0.188 e. The highest BCUT2D eigenvalue weighted by atomic mass is 16.1. The first-order chi connectivity index (χ1) is 6.13. The molecule has 3 heteroatoms. The molecule has 0 unspecified atom stereocenters. The zero-order valence-electron chi connectivity index (χ0n) is 8.24. The lowest BCUT2D eigenvalue weighted by molar-refractivity contribution is 0.104. The molecule has 3 nitrogen and oxygen atoms in total. The highest BCUT2D eigenvalue weighted by molar-refractivity contribution is 6.04. The lowest BCUT2D eigenvalue weighted by atomic mass is 10.2. The normalized spacial score (nSPS) is 9.77. The first kappa shape index (κ1) is 9.71. The number of rotatable bonds is 3. The Hall–Kier alpha value is -1.38. The monoisotopic (exact) mass is 178 g/mol. The molecule has 1 aromatic heterocycles. The van der Waals surface area contributed by atoms with Gasteiger partial charge in [0.15, 0.2) is 5.78 Å². The predicted molar refractivity (Wildman–Crippen MR) is 51.7 cm³/mol. The van der Waals surface area contributed by atoms with E-state index < -0.39 is 0 Å². The van der Waals surface area contributed by atoms with Crippen molar-refractivity contribution < 1.29 is 4.79 Å². The summed E-state index contributed by atoms with van der Waals surface area (Å²) in [6.45, 7) is 6.59. The van der Waals surface area contributed by atoms with Crippen LogP contribution in [0.4, 0.5) is 0 Å². The molecule has 0 saturated heterocycles. The highest BCUT2D eigenvalue weighted by Crippen LogP contribution is 2.02. The molecule has 0 amide bonds. The maximum absolute atomic E-state index is 11.5. The molecule has 70 valence electrons. The summed E-state index contributed by atoms with van der Waals surface area (Å²) in [6.07, 6.45) is 4.99. The van der Waals surface area contributed by atoms with E-state index in [4.69, 9.17) is 0 Å². The van der Waals surface area contributed by atoms with Crippen molar-refractivity contribution in [3.8, 4) is 0 Å². The second-order valence-corrected chi connectivity index (χ2v) is 3.17. The second kappa shape index (κ2) is 4.03. The number of aromatic nitrogens is 2. The minimum absolute atomic E-state index is 0.0275. The van der Waals surface area contributed by atoms with Crippen molar-refractivity contribution in [1.29, 1.82) is 0 Å². The van der Waals surface area contributed by atoms with Gasteiger partial charge in [0.1, 0.15) is 0 Å². The average Bonchev–Trinajstić information content (AvgIpc) is 2.50. The highest BCUT2D eigenvalue weighted by Gasteiger charge is 2.04. The number of carbonyl (C=O) groups is 1. The van der Waals surface area contributed by atoms with Gasteiger partial charge in [-0.05, 0) is 26.8 Å². The topological polar surface area (TPSA) is 34.9 Å². The number of ketones is 1. The molecule has 1 rings (SSSR count). The standard InChI is InChI=1S/C10H14N2O/c1-4-12-7-9(6-11-12)10(13)5-8(2)3/h5-7H,4H2,1-3H3. The summed E-state index contributed by atoms with van der Waals surface area (Å²) in [6, 6.07) is 0. The largest absolute Gasteiger partial charge is 0.289 e. The smallest absolute Gasteiger partial charge is 0.188 e. The molecule has 0 saturated carbocycles. The zero-order chi connectivity index (χ0) is 9.84. The van der Waals surface area contributed by atoms with Crippen LogP contribution in [-0.4, -0.2) is 15.6 Å². The number of allylic oxidation sites excluding steroid dienone is 2. The predicted octanol–water partition coefficient (Wildman–Crippen LogP) is 2.05. The number of nitrogens with zero attached hydrogens (tertiary/aromatic N) is 2. The van der Waals surface area contributed by atoms with Crippen LogP contribution in [0, 0.1) is 0 Å². The van der Waals surface area contributed by atoms with Gasteiger partial charge >= 0.3 is 0 Å². The molecule has 0 bridgehead atoms. The van der Waals surface area contributed by atoms with Crippen molar-refractivity contribution in [3.05, 3.63) is 29.6 Å². The fourth-order valence-corrected chi connectivity index (χ4v) is 1.01. The second-order valence-electron chi connectivity index (χ2n) is 3.17. The van der Waals surface area contributed by atoms with Crippen molar-refractivity contribution in [3.63, 3.8) is 0 Å². The summed E-state index contributed by atoms with van der Waals surface area (Å²) in [4.78, 5) is 11.5. The first-order valence-corrected chi connectivity index (χ1v) is 4.35. The first-order valence-electron chi connectivity index (χ1n) is 4.35. The van der Waals surface area contributed by atoms with Crippen molar-refractivity contribution in [1.82, 2.24) is 9.78 Å². The van der Waals surface area contributed by atoms with Crippen LogP contribution in [0.3, 0.4) is 0 Å². The van der Waals surface area contributed by atoms with Gasteiger partial charge in [0.05, 0.1) is 11.8 Å². The van der Waals surface area contributed by atoms with E-state index in [-0.39, 0.29) is 5.78 Å².